The number of fused-ring (bicyclic) bond motifs is 1. The molecule has 5 heterocycles. The van der Waals surface area contributed by atoms with Crippen molar-refractivity contribution in [3.8, 4) is 11.3 Å². The molecule has 0 aliphatic carbocycles. The molecule has 2 aliphatic rings. The highest BCUT2D eigenvalue weighted by Crippen LogP contribution is 2.41. The molecule has 0 radical (unpaired) electrons. The fourth-order valence-electron chi connectivity index (χ4n) is 6.42. The number of nitrogens with zero attached hydrogens (tertiary/aromatic N) is 7. The average Bonchev–Trinajstić information content (AvgIpc) is 3.46. The van der Waals surface area contributed by atoms with E-state index in [4.69, 9.17) is 0 Å². The van der Waals surface area contributed by atoms with Crippen LogP contribution in [0.3, 0.4) is 0 Å². The maximum atomic E-state index is 15.0. The molecule has 1 spiro atoms. The van der Waals surface area contributed by atoms with Crippen LogP contribution in [0.15, 0.2) is 36.7 Å². The summed E-state index contributed by atoms with van der Waals surface area (Å²) >= 11 is 0. The van der Waals surface area contributed by atoms with Crippen molar-refractivity contribution in [2.75, 3.05) is 31.5 Å². The summed E-state index contributed by atoms with van der Waals surface area (Å²) in [5, 5.41) is 3.02. The summed E-state index contributed by atoms with van der Waals surface area (Å²) in [4.78, 5) is 34.5. The van der Waals surface area contributed by atoms with Crippen molar-refractivity contribution in [2.24, 2.45) is 5.41 Å². The highest BCUT2D eigenvalue weighted by atomic mass is 19.1. The smallest absolute Gasteiger partial charge is 0.229 e. The third-order valence-corrected chi connectivity index (χ3v) is 8.67. The number of nitrogens with one attached hydrogen (secondary N) is 1. The zero-order chi connectivity index (χ0) is 29.6. The molecule has 11 heteroatoms. The van der Waals surface area contributed by atoms with Gasteiger partial charge in [0.1, 0.15) is 22.9 Å². The molecule has 9 nitrogen and oxygen atoms in total. The van der Waals surface area contributed by atoms with E-state index in [1.54, 1.807) is 18.3 Å². The normalized spacial score (nSPS) is 17.2. The highest BCUT2D eigenvalue weighted by Gasteiger charge is 2.44. The van der Waals surface area contributed by atoms with Gasteiger partial charge in [0, 0.05) is 37.3 Å². The lowest BCUT2D eigenvalue weighted by molar-refractivity contribution is -0.128. The zero-order valence-electron chi connectivity index (χ0n) is 24.5. The lowest BCUT2D eigenvalue weighted by Gasteiger charge is -2.38. The van der Waals surface area contributed by atoms with Gasteiger partial charge < -0.3 is 19.7 Å². The minimum Gasteiger partial charge on any atom is -0.338 e. The number of piperidine rings is 1. The van der Waals surface area contributed by atoms with Crippen molar-refractivity contribution in [1.29, 1.82) is 0 Å². The first-order valence-electron chi connectivity index (χ1n) is 14.6. The summed E-state index contributed by atoms with van der Waals surface area (Å²) < 4.78 is 31.8. The van der Waals surface area contributed by atoms with E-state index in [1.807, 2.05) is 36.3 Å². The Hall–Kier alpha value is -3.99. The number of amides is 1. The molecule has 6 rings (SSSR count). The Morgan fingerprint density at radius 1 is 1.05 bits per heavy atom. The van der Waals surface area contributed by atoms with Crippen LogP contribution < -0.4 is 5.32 Å². The predicted molar refractivity (Wildman–Crippen MR) is 157 cm³/mol. The lowest BCUT2D eigenvalue weighted by atomic mass is 9.77. The fraction of sp³-hybridized carbons (Fsp3) is 0.452. The van der Waals surface area contributed by atoms with Gasteiger partial charge in [0.2, 0.25) is 11.9 Å². The predicted octanol–water partition coefficient (Wildman–Crippen LogP) is 5.63. The summed E-state index contributed by atoms with van der Waals surface area (Å²) in [6.07, 6.45) is 5.53. The first-order valence-corrected chi connectivity index (χ1v) is 14.6. The van der Waals surface area contributed by atoms with E-state index in [-0.39, 0.29) is 34.5 Å². The number of aromatic nitrogens is 5. The van der Waals surface area contributed by atoms with Gasteiger partial charge in [-0.1, -0.05) is 13.0 Å². The maximum absolute atomic E-state index is 15.0. The van der Waals surface area contributed by atoms with Crippen LogP contribution in [0.2, 0.25) is 0 Å². The summed E-state index contributed by atoms with van der Waals surface area (Å²) in [6, 6.07) is 6.70. The molecule has 0 unspecified atom stereocenters. The minimum absolute atomic E-state index is 0.0228. The number of rotatable bonds is 7. The first-order chi connectivity index (χ1) is 20.1. The molecule has 4 aromatic rings. The van der Waals surface area contributed by atoms with Gasteiger partial charge in [0.25, 0.3) is 0 Å². The van der Waals surface area contributed by atoms with Crippen molar-refractivity contribution < 1.29 is 13.6 Å². The number of anilines is 2. The lowest BCUT2D eigenvalue weighted by Crippen LogP contribution is -2.41. The van der Waals surface area contributed by atoms with Crippen molar-refractivity contribution in [3.05, 3.63) is 59.7 Å². The standard InChI is InChI=1S/C31H36F2N8O/c1-5-39-10-8-31(9-11-39)14-27(42)40(18-31)17-21-6-7-26(34-15-21)37-30-35-16-24(33)28(38-30)22-12-23(32)29-25(13-22)41(19(2)3)20(4)36-29/h6-7,12-13,15-16,19H,5,8-11,14,17-18H2,1-4H3,(H,34,35,37,38). The van der Waals surface area contributed by atoms with Crippen LogP contribution in [-0.2, 0) is 11.3 Å². The molecule has 2 saturated heterocycles. The number of benzene rings is 1. The SMILES string of the molecule is CCN1CCC2(CC1)CC(=O)N(Cc1ccc(Nc3ncc(F)c(-c4cc(F)c5nc(C)n(C(C)C)c5c4)n3)nc1)C2. The van der Waals surface area contributed by atoms with Crippen LogP contribution in [0.25, 0.3) is 22.3 Å². The summed E-state index contributed by atoms with van der Waals surface area (Å²) in [5.41, 5.74) is 2.12. The van der Waals surface area contributed by atoms with Crippen LogP contribution in [0.1, 0.15) is 57.5 Å². The summed E-state index contributed by atoms with van der Waals surface area (Å²) in [5.74, 6) is 0.294. The second kappa shape index (κ2) is 11.0. The second-order valence-electron chi connectivity index (χ2n) is 11.9. The van der Waals surface area contributed by atoms with Crippen LogP contribution in [0.4, 0.5) is 20.5 Å². The molecule has 2 aliphatic heterocycles. The number of aryl methyl sites for hydroxylation is 1. The molecule has 0 saturated carbocycles. The molecule has 1 amide bonds. The third kappa shape index (κ3) is 5.33. The number of hydrogen-bond acceptors (Lipinski definition) is 7. The van der Waals surface area contributed by atoms with Crippen LogP contribution in [0, 0.1) is 24.0 Å². The Morgan fingerprint density at radius 3 is 2.52 bits per heavy atom. The molecule has 1 aromatic carbocycles. The topological polar surface area (TPSA) is 92.1 Å². The molecule has 1 N–H and O–H groups in total. The van der Waals surface area contributed by atoms with Crippen molar-refractivity contribution in [3.63, 3.8) is 0 Å². The van der Waals surface area contributed by atoms with Crippen molar-refractivity contribution in [2.45, 2.75) is 59.5 Å². The van der Waals surface area contributed by atoms with Gasteiger partial charge in [-0.25, -0.2) is 28.7 Å². The van der Waals surface area contributed by atoms with E-state index >= 15 is 4.39 Å². The number of carbonyl (C=O) groups is 1. The van der Waals surface area contributed by atoms with Gasteiger partial charge in [-0.2, -0.15) is 0 Å². The molecule has 42 heavy (non-hydrogen) atoms. The summed E-state index contributed by atoms with van der Waals surface area (Å²) in [7, 11) is 0. The van der Waals surface area contributed by atoms with E-state index < -0.39 is 11.6 Å². The number of imidazole rings is 1. The monoisotopic (exact) mass is 574 g/mol. The zero-order valence-corrected chi connectivity index (χ0v) is 24.5. The third-order valence-electron chi connectivity index (χ3n) is 8.67. The van der Waals surface area contributed by atoms with Gasteiger partial charge in [-0.15, -0.1) is 0 Å². The quantitative estimate of drug-likeness (QED) is 0.306. The molecule has 220 valence electrons. The number of likely N-dealkylation sites (tertiary alicyclic amines) is 2. The van der Waals surface area contributed by atoms with E-state index in [0.29, 0.717) is 35.7 Å². The molecular formula is C31H36F2N8O. The van der Waals surface area contributed by atoms with E-state index in [0.717, 1.165) is 50.8 Å². The van der Waals surface area contributed by atoms with E-state index in [1.165, 1.54) is 6.07 Å². The maximum Gasteiger partial charge on any atom is 0.229 e. The second-order valence-corrected chi connectivity index (χ2v) is 11.9. The first kappa shape index (κ1) is 28.1. The molecule has 2 fully saturated rings. The molecule has 0 atom stereocenters. The van der Waals surface area contributed by atoms with Crippen molar-refractivity contribution >= 4 is 28.7 Å². The Kier molecular flexibility index (Phi) is 7.38. The van der Waals surface area contributed by atoms with Gasteiger partial charge in [-0.3, -0.25) is 4.79 Å². The van der Waals surface area contributed by atoms with Crippen LogP contribution >= 0.6 is 0 Å². The number of pyridine rings is 1. The number of carbonyl (C=O) groups excluding carboxylic acids is 1. The Labute approximate surface area is 244 Å². The minimum atomic E-state index is -0.664. The van der Waals surface area contributed by atoms with Gasteiger partial charge in [-0.05, 0) is 82.4 Å². The van der Waals surface area contributed by atoms with Crippen molar-refractivity contribution in [1.82, 2.24) is 34.3 Å². The largest absolute Gasteiger partial charge is 0.338 e. The molecular weight excluding hydrogens is 538 g/mol. The van der Waals surface area contributed by atoms with Crippen LogP contribution in [-0.4, -0.2) is 66.4 Å². The van der Waals surface area contributed by atoms with Gasteiger partial charge in [0.15, 0.2) is 11.6 Å². The molecule has 3 aromatic heterocycles. The fourth-order valence-corrected chi connectivity index (χ4v) is 6.42. The molecule has 0 bridgehead atoms. The Morgan fingerprint density at radius 2 is 1.83 bits per heavy atom. The Balaban J connectivity index is 1.17. The number of hydrogen-bond donors (Lipinski definition) is 1. The average molecular weight is 575 g/mol. The van der Waals surface area contributed by atoms with Gasteiger partial charge in [0.05, 0.1) is 11.7 Å². The van der Waals surface area contributed by atoms with E-state index in [2.05, 4.69) is 37.1 Å². The highest BCUT2D eigenvalue weighted by molar-refractivity contribution is 5.83. The Bertz CT molecular complexity index is 1630. The van der Waals surface area contributed by atoms with Crippen LogP contribution in [0.5, 0.6) is 0 Å². The number of halogens is 2. The van der Waals surface area contributed by atoms with Gasteiger partial charge >= 0.3 is 0 Å². The van der Waals surface area contributed by atoms with E-state index in [9.17, 15) is 9.18 Å². The summed E-state index contributed by atoms with van der Waals surface area (Å²) in [6.45, 7) is 12.5.